The summed E-state index contributed by atoms with van der Waals surface area (Å²) in [6.07, 6.45) is 3.47. The zero-order valence-corrected chi connectivity index (χ0v) is 14.6. The highest BCUT2D eigenvalue weighted by Crippen LogP contribution is 2.29. The second-order valence-electron chi connectivity index (χ2n) is 6.54. The van der Waals surface area contributed by atoms with Crippen LogP contribution in [-0.4, -0.2) is 28.6 Å². The first kappa shape index (κ1) is 15.0. The summed E-state index contributed by atoms with van der Waals surface area (Å²) < 4.78 is 3.01. The van der Waals surface area contributed by atoms with E-state index in [-0.39, 0.29) is 11.9 Å². The number of fused-ring (bicyclic) bond motifs is 2. The molecule has 1 amide bonds. The Morgan fingerprint density at radius 1 is 1.30 bits per heavy atom. The molecular weight excluding hydrogens is 354 g/mol. The summed E-state index contributed by atoms with van der Waals surface area (Å²) in [7, 11) is 1.95. The van der Waals surface area contributed by atoms with Gasteiger partial charge in [-0.2, -0.15) is 0 Å². The molecule has 0 spiro atoms. The average Bonchev–Trinajstić information content (AvgIpc) is 3.22. The summed E-state index contributed by atoms with van der Waals surface area (Å²) >= 11 is 3.50. The molecule has 0 saturated carbocycles. The highest BCUT2D eigenvalue weighted by atomic mass is 79.9. The number of carbonyl (C=O) groups is 1. The van der Waals surface area contributed by atoms with Crippen LogP contribution in [0.4, 0.5) is 0 Å². The van der Waals surface area contributed by atoms with Gasteiger partial charge in [0.15, 0.2) is 0 Å². The number of carbonyl (C=O) groups excluding carboxylic acids is 1. The molecular formula is C18H20BrN3O. The number of hydrogen-bond donors (Lipinski definition) is 2. The number of nitrogens with zero attached hydrogens (tertiary/aromatic N) is 1. The van der Waals surface area contributed by atoms with Gasteiger partial charge in [-0.15, -0.1) is 0 Å². The second-order valence-corrected chi connectivity index (χ2v) is 7.45. The molecule has 2 bridgehead atoms. The van der Waals surface area contributed by atoms with Crippen molar-refractivity contribution in [3.63, 3.8) is 0 Å². The van der Waals surface area contributed by atoms with Crippen molar-refractivity contribution >= 4 is 21.8 Å². The van der Waals surface area contributed by atoms with Crippen molar-refractivity contribution in [2.24, 2.45) is 7.05 Å². The second kappa shape index (κ2) is 5.80. The number of amides is 1. The lowest BCUT2D eigenvalue weighted by atomic mass is 9.95. The molecule has 5 heteroatoms. The number of nitrogens with one attached hydrogen (secondary N) is 2. The van der Waals surface area contributed by atoms with Crippen molar-refractivity contribution in [2.45, 2.75) is 37.4 Å². The van der Waals surface area contributed by atoms with Crippen molar-refractivity contribution in [2.75, 3.05) is 0 Å². The minimum atomic E-state index is 0.0214. The van der Waals surface area contributed by atoms with E-state index < -0.39 is 0 Å². The van der Waals surface area contributed by atoms with Crippen LogP contribution in [0.25, 0.3) is 11.3 Å². The molecule has 3 heterocycles. The Morgan fingerprint density at radius 3 is 2.87 bits per heavy atom. The predicted molar refractivity (Wildman–Crippen MR) is 94.4 cm³/mol. The van der Waals surface area contributed by atoms with Gasteiger partial charge in [0.05, 0.1) is 0 Å². The maximum atomic E-state index is 12.6. The van der Waals surface area contributed by atoms with Crippen molar-refractivity contribution in [1.29, 1.82) is 0 Å². The molecule has 2 aliphatic heterocycles. The molecule has 2 aliphatic rings. The molecule has 120 valence electrons. The molecule has 0 unspecified atom stereocenters. The molecule has 3 atom stereocenters. The van der Waals surface area contributed by atoms with E-state index in [1.807, 2.05) is 35.9 Å². The molecule has 2 aromatic rings. The number of rotatable bonds is 3. The highest BCUT2D eigenvalue weighted by molar-refractivity contribution is 9.10. The standard InChI is InChI=1S/C18H20BrN3O/c1-22-16(11-3-2-4-12(19)9-11)7-8-17(22)18(23)21-15-10-13-5-6-14(15)20-13/h2-4,7-9,13-15,20H,5-6,10H2,1H3,(H,21,23)/t13-,14+,15-/m1/s1. The van der Waals surface area contributed by atoms with Crippen molar-refractivity contribution < 1.29 is 4.79 Å². The van der Waals surface area contributed by atoms with Gasteiger partial charge in [0.1, 0.15) is 5.69 Å². The Balaban J connectivity index is 1.54. The largest absolute Gasteiger partial charge is 0.346 e. The molecule has 0 aliphatic carbocycles. The monoisotopic (exact) mass is 373 g/mol. The van der Waals surface area contributed by atoms with Gasteiger partial charge in [0.2, 0.25) is 0 Å². The summed E-state index contributed by atoms with van der Waals surface area (Å²) in [5.74, 6) is 0.0214. The maximum Gasteiger partial charge on any atom is 0.268 e. The number of benzene rings is 1. The first-order valence-electron chi connectivity index (χ1n) is 8.10. The Kier molecular flexibility index (Phi) is 3.77. The Labute approximate surface area is 144 Å². The SMILES string of the molecule is Cn1c(C(=O)N[C@@H]2C[C@H]3CC[C@@H]2N3)ccc1-c1cccc(Br)c1. The van der Waals surface area contributed by atoms with Gasteiger partial charge < -0.3 is 15.2 Å². The van der Waals surface area contributed by atoms with Gasteiger partial charge in [-0.05, 0) is 49.1 Å². The molecule has 2 fully saturated rings. The Morgan fingerprint density at radius 2 is 2.17 bits per heavy atom. The van der Waals surface area contributed by atoms with Gasteiger partial charge in [0.25, 0.3) is 5.91 Å². The van der Waals surface area contributed by atoms with Crippen LogP contribution in [0.2, 0.25) is 0 Å². The van der Waals surface area contributed by atoms with E-state index >= 15 is 0 Å². The third-order valence-corrected chi connectivity index (χ3v) is 5.58. The van der Waals surface area contributed by atoms with Crippen LogP contribution in [0.5, 0.6) is 0 Å². The smallest absolute Gasteiger partial charge is 0.268 e. The maximum absolute atomic E-state index is 12.6. The number of halogens is 1. The van der Waals surface area contributed by atoms with Crippen LogP contribution in [0, 0.1) is 0 Å². The molecule has 2 N–H and O–H groups in total. The molecule has 1 aromatic carbocycles. The highest BCUT2D eigenvalue weighted by Gasteiger charge is 2.39. The van der Waals surface area contributed by atoms with Crippen LogP contribution in [-0.2, 0) is 7.05 Å². The van der Waals surface area contributed by atoms with Crippen molar-refractivity contribution in [1.82, 2.24) is 15.2 Å². The first-order chi connectivity index (χ1) is 11.1. The minimum Gasteiger partial charge on any atom is -0.346 e. The van der Waals surface area contributed by atoms with E-state index in [0.717, 1.165) is 22.2 Å². The van der Waals surface area contributed by atoms with E-state index in [4.69, 9.17) is 0 Å². The van der Waals surface area contributed by atoms with Crippen molar-refractivity contribution in [3.8, 4) is 11.3 Å². The van der Waals surface area contributed by atoms with Crippen LogP contribution >= 0.6 is 15.9 Å². The summed E-state index contributed by atoms with van der Waals surface area (Å²) in [4.78, 5) is 12.6. The lowest BCUT2D eigenvalue weighted by Gasteiger charge is -2.21. The summed E-state index contributed by atoms with van der Waals surface area (Å²) in [5.41, 5.74) is 2.85. The van der Waals surface area contributed by atoms with Crippen LogP contribution in [0.1, 0.15) is 29.8 Å². The summed E-state index contributed by atoms with van der Waals surface area (Å²) in [6, 6.07) is 13.4. The van der Waals surface area contributed by atoms with Gasteiger partial charge >= 0.3 is 0 Å². The van der Waals surface area contributed by atoms with E-state index in [2.05, 4.69) is 38.7 Å². The van der Waals surface area contributed by atoms with Crippen molar-refractivity contribution in [3.05, 3.63) is 46.6 Å². The van der Waals surface area contributed by atoms with Crippen LogP contribution < -0.4 is 10.6 Å². The molecule has 23 heavy (non-hydrogen) atoms. The minimum absolute atomic E-state index is 0.0214. The Hall–Kier alpha value is -1.59. The third kappa shape index (κ3) is 2.72. The quantitative estimate of drug-likeness (QED) is 0.868. The topological polar surface area (TPSA) is 46.1 Å². The van der Waals surface area contributed by atoms with Crippen LogP contribution in [0.15, 0.2) is 40.9 Å². The average molecular weight is 374 g/mol. The molecule has 4 rings (SSSR count). The lowest BCUT2D eigenvalue weighted by Crippen LogP contribution is -2.43. The van der Waals surface area contributed by atoms with Gasteiger partial charge in [0, 0.05) is 35.3 Å². The third-order valence-electron chi connectivity index (χ3n) is 5.09. The molecule has 2 saturated heterocycles. The predicted octanol–water partition coefficient (Wildman–Crippen LogP) is 3.08. The fourth-order valence-corrected chi connectivity index (χ4v) is 4.30. The molecule has 1 aromatic heterocycles. The van der Waals surface area contributed by atoms with E-state index in [0.29, 0.717) is 17.8 Å². The normalized spacial score (nSPS) is 25.7. The lowest BCUT2D eigenvalue weighted by molar-refractivity contribution is 0.0923. The first-order valence-corrected chi connectivity index (χ1v) is 8.89. The summed E-state index contributed by atoms with van der Waals surface area (Å²) in [6.45, 7) is 0. The fourth-order valence-electron chi connectivity index (χ4n) is 3.90. The van der Waals surface area contributed by atoms with E-state index in [1.54, 1.807) is 0 Å². The number of aromatic nitrogens is 1. The van der Waals surface area contributed by atoms with Gasteiger partial charge in [-0.3, -0.25) is 4.79 Å². The zero-order chi connectivity index (χ0) is 16.0. The van der Waals surface area contributed by atoms with E-state index in [1.165, 1.54) is 12.8 Å². The van der Waals surface area contributed by atoms with Crippen LogP contribution in [0.3, 0.4) is 0 Å². The zero-order valence-electron chi connectivity index (χ0n) is 13.1. The van der Waals surface area contributed by atoms with Gasteiger partial charge in [-0.1, -0.05) is 28.1 Å². The fraction of sp³-hybridized carbons (Fsp3) is 0.389. The summed E-state index contributed by atoms with van der Waals surface area (Å²) in [5, 5.41) is 6.77. The molecule has 0 radical (unpaired) electrons. The van der Waals surface area contributed by atoms with Gasteiger partial charge in [-0.25, -0.2) is 0 Å². The number of hydrogen-bond acceptors (Lipinski definition) is 2. The Bertz CT molecular complexity index is 754. The molecule has 4 nitrogen and oxygen atoms in total. The van der Waals surface area contributed by atoms with E-state index in [9.17, 15) is 4.79 Å².